The Hall–Kier alpha value is -3.14. The van der Waals surface area contributed by atoms with E-state index in [0.29, 0.717) is 22.0 Å². The highest BCUT2D eigenvalue weighted by Gasteiger charge is 2.61. The minimum atomic E-state index is -1.07. The van der Waals surface area contributed by atoms with E-state index in [1.807, 2.05) is 6.92 Å². The van der Waals surface area contributed by atoms with Gasteiger partial charge in [0.05, 0.1) is 24.6 Å². The molecule has 3 aromatic rings. The van der Waals surface area contributed by atoms with E-state index < -0.39 is 35.8 Å². The Bertz CT molecular complexity index is 1250. The first kappa shape index (κ1) is 21.7. The van der Waals surface area contributed by atoms with Crippen LogP contribution in [0.1, 0.15) is 32.6 Å². The molecule has 2 aliphatic rings. The molecule has 4 heterocycles. The molecule has 0 radical (unpaired) electrons. The van der Waals surface area contributed by atoms with E-state index in [0.717, 1.165) is 9.78 Å². The van der Waals surface area contributed by atoms with Crippen LogP contribution < -0.4 is 9.96 Å². The number of carbonyl (C=O) groups excluding carboxylic acids is 3. The van der Waals surface area contributed by atoms with Gasteiger partial charge in [-0.05, 0) is 55.8 Å². The number of aryl methyl sites for hydroxylation is 1. The lowest BCUT2D eigenvalue weighted by atomic mass is 9.94. The van der Waals surface area contributed by atoms with Crippen molar-refractivity contribution in [3.05, 3.63) is 69.4 Å². The Kier molecular flexibility index (Phi) is 5.27. The van der Waals surface area contributed by atoms with Crippen molar-refractivity contribution in [1.29, 1.82) is 0 Å². The van der Waals surface area contributed by atoms with Gasteiger partial charge in [-0.2, -0.15) is 0 Å². The summed E-state index contributed by atoms with van der Waals surface area (Å²) < 4.78 is 10.5. The van der Waals surface area contributed by atoms with Gasteiger partial charge in [0, 0.05) is 9.90 Å². The van der Waals surface area contributed by atoms with E-state index in [2.05, 4.69) is 0 Å². The number of halogens is 1. The number of nitrogens with zero attached hydrogens (tertiary/aromatic N) is 2. The molecule has 2 amide bonds. The number of methoxy groups -OCH3 is 1. The van der Waals surface area contributed by atoms with Gasteiger partial charge in [-0.1, -0.05) is 11.6 Å². The number of fused-ring (bicyclic) bond motifs is 1. The number of hydroxylamine groups is 1. The van der Waals surface area contributed by atoms with Crippen molar-refractivity contribution in [2.45, 2.75) is 26.0 Å². The Balaban J connectivity index is 1.59. The molecule has 3 atom stereocenters. The molecule has 0 saturated carbocycles. The Morgan fingerprint density at radius 1 is 1.12 bits per heavy atom. The number of anilines is 2. The summed E-state index contributed by atoms with van der Waals surface area (Å²) in [5, 5.41) is 2.31. The lowest BCUT2D eigenvalue weighted by Gasteiger charge is -2.27. The van der Waals surface area contributed by atoms with Crippen molar-refractivity contribution in [3.8, 4) is 0 Å². The lowest BCUT2D eigenvalue weighted by molar-refractivity contribution is -0.126. The molecule has 2 aliphatic heterocycles. The number of furan rings is 1. The number of benzene rings is 1. The Morgan fingerprint density at radius 3 is 2.48 bits per heavy atom. The first-order chi connectivity index (χ1) is 15.8. The average Bonchev–Trinajstić information content (AvgIpc) is 3.55. The van der Waals surface area contributed by atoms with E-state index in [-0.39, 0.29) is 10.6 Å². The van der Waals surface area contributed by atoms with Crippen LogP contribution in [0, 0.1) is 19.8 Å². The van der Waals surface area contributed by atoms with E-state index in [4.69, 9.17) is 25.6 Å². The molecule has 8 nitrogen and oxygen atoms in total. The molecule has 33 heavy (non-hydrogen) atoms. The van der Waals surface area contributed by atoms with Crippen molar-refractivity contribution in [1.82, 2.24) is 0 Å². The maximum atomic E-state index is 13.7. The summed E-state index contributed by atoms with van der Waals surface area (Å²) >= 11 is 7.22. The lowest BCUT2D eigenvalue weighted by Crippen LogP contribution is -2.37. The van der Waals surface area contributed by atoms with Gasteiger partial charge < -0.3 is 9.15 Å². The minimum Gasteiger partial charge on any atom is -0.467 e. The quantitative estimate of drug-likeness (QED) is 0.397. The zero-order chi connectivity index (χ0) is 23.4. The second kappa shape index (κ2) is 8.02. The van der Waals surface area contributed by atoms with Crippen molar-refractivity contribution in [2.75, 3.05) is 17.1 Å². The molecule has 170 valence electrons. The first-order valence-corrected chi connectivity index (χ1v) is 11.3. The standard InChI is InChI=1S/C23H19ClN2O6S/c1-11-12(2)33-22(16(11)23(29)30-3)25-20(27)17-18(15-5-4-10-31-15)26(32-19(17)21(25)28)14-8-6-13(24)7-9-14/h4-10,17-19H,1-3H3/t17-,18-,19-/m0/s1. The Labute approximate surface area is 198 Å². The van der Waals surface area contributed by atoms with Gasteiger partial charge in [0.2, 0.25) is 5.91 Å². The number of ether oxygens (including phenoxy) is 1. The summed E-state index contributed by atoms with van der Waals surface area (Å²) in [6.07, 6.45) is 0.430. The predicted molar refractivity (Wildman–Crippen MR) is 121 cm³/mol. The number of imide groups is 1. The fourth-order valence-corrected chi connectivity index (χ4v) is 5.56. The highest BCUT2D eigenvalue weighted by atomic mass is 35.5. The van der Waals surface area contributed by atoms with Crippen LogP contribution in [-0.4, -0.2) is 31.0 Å². The summed E-state index contributed by atoms with van der Waals surface area (Å²) in [4.78, 5) is 47.6. The molecule has 0 bridgehead atoms. The maximum Gasteiger partial charge on any atom is 0.341 e. The molecule has 0 spiro atoms. The summed E-state index contributed by atoms with van der Waals surface area (Å²) in [6.45, 7) is 3.59. The zero-order valence-corrected chi connectivity index (χ0v) is 19.5. The van der Waals surface area contributed by atoms with E-state index >= 15 is 0 Å². The molecule has 2 saturated heterocycles. The fraction of sp³-hybridized carbons (Fsp3) is 0.261. The summed E-state index contributed by atoms with van der Waals surface area (Å²) in [5.41, 5.74) is 1.51. The third kappa shape index (κ3) is 3.26. The second-order valence-corrected chi connectivity index (χ2v) is 9.42. The van der Waals surface area contributed by atoms with Crippen LogP contribution in [0.15, 0.2) is 47.1 Å². The van der Waals surface area contributed by atoms with Crippen molar-refractivity contribution in [2.24, 2.45) is 5.92 Å². The summed E-state index contributed by atoms with van der Waals surface area (Å²) in [6, 6.07) is 9.65. The van der Waals surface area contributed by atoms with Crippen LogP contribution in [-0.2, 0) is 19.2 Å². The van der Waals surface area contributed by atoms with Crippen LogP contribution in [0.2, 0.25) is 5.02 Å². The molecule has 0 aliphatic carbocycles. The van der Waals surface area contributed by atoms with Crippen LogP contribution in [0.3, 0.4) is 0 Å². The molecular formula is C23H19ClN2O6S. The van der Waals surface area contributed by atoms with Gasteiger partial charge in [0.15, 0.2) is 6.10 Å². The SMILES string of the molecule is COC(=O)c1c(N2C(=O)[C@@H]3[C@H](ON(c4ccc(Cl)cc4)[C@H]3c3ccco3)C2=O)sc(C)c1C. The number of carbonyl (C=O) groups is 3. The van der Waals surface area contributed by atoms with Crippen LogP contribution >= 0.6 is 22.9 Å². The van der Waals surface area contributed by atoms with Crippen molar-refractivity contribution < 1.29 is 28.4 Å². The largest absolute Gasteiger partial charge is 0.467 e. The van der Waals surface area contributed by atoms with E-state index in [9.17, 15) is 14.4 Å². The highest BCUT2D eigenvalue weighted by molar-refractivity contribution is 7.17. The van der Waals surface area contributed by atoms with Crippen LogP contribution in [0.5, 0.6) is 0 Å². The van der Waals surface area contributed by atoms with Gasteiger partial charge in [-0.3, -0.25) is 14.4 Å². The van der Waals surface area contributed by atoms with Crippen molar-refractivity contribution in [3.63, 3.8) is 0 Å². The van der Waals surface area contributed by atoms with Gasteiger partial charge in [-0.25, -0.2) is 14.8 Å². The number of hydrogen-bond donors (Lipinski definition) is 0. The average molecular weight is 487 g/mol. The number of rotatable bonds is 4. The van der Waals surface area contributed by atoms with Crippen LogP contribution in [0.4, 0.5) is 10.7 Å². The third-order valence-electron chi connectivity index (χ3n) is 5.99. The molecule has 5 rings (SSSR count). The van der Waals surface area contributed by atoms with Gasteiger partial charge in [-0.15, -0.1) is 11.3 Å². The normalized spacial score (nSPS) is 22.2. The number of esters is 1. The molecular weight excluding hydrogens is 468 g/mol. The van der Waals surface area contributed by atoms with Gasteiger partial charge >= 0.3 is 5.97 Å². The zero-order valence-electron chi connectivity index (χ0n) is 17.9. The predicted octanol–water partition coefficient (Wildman–Crippen LogP) is 4.45. The van der Waals surface area contributed by atoms with E-state index in [1.165, 1.54) is 29.8 Å². The topological polar surface area (TPSA) is 89.3 Å². The number of amides is 2. The molecule has 2 aromatic heterocycles. The molecule has 0 unspecified atom stereocenters. The smallest absolute Gasteiger partial charge is 0.341 e. The summed E-state index contributed by atoms with van der Waals surface area (Å²) in [7, 11) is 1.26. The number of hydrogen-bond acceptors (Lipinski definition) is 8. The maximum absolute atomic E-state index is 13.7. The monoisotopic (exact) mass is 486 g/mol. The second-order valence-electron chi connectivity index (χ2n) is 7.78. The first-order valence-electron chi connectivity index (χ1n) is 10.1. The van der Waals surface area contributed by atoms with Gasteiger partial charge in [0.25, 0.3) is 5.91 Å². The van der Waals surface area contributed by atoms with Crippen LogP contribution in [0.25, 0.3) is 0 Å². The fourth-order valence-electron chi connectivity index (χ4n) is 4.28. The summed E-state index contributed by atoms with van der Waals surface area (Å²) in [5.74, 6) is -1.99. The third-order valence-corrected chi connectivity index (χ3v) is 7.43. The number of thiophene rings is 1. The molecule has 0 N–H and O–H groups in total. The molecule has 10 heteroatoms. The molecule has 1 aromatic carbocycles. The Morgan fingerprint density at radius 2 is 1.85 bits per heavy atom. The van der Waals surface area contributed by atoms with Crippen molar-refractivity contribution >= 4 is 51.4 Å². The van der Waals surface area contributed by atoms with Gasteiger partial charge in [0.1, 0.15) is 22.7 Å². The minimum absolute atomic E-state index is 0.214. The highest BCUT2D eigenvalue weighted by Crippen LogP contribution is 2.49. The van der Waals surface area contributed by atoms with E-state index in [1.54, 1.807) is 43.3 Å². The molecule has 2 fully saturated rings.